The number of ether oxygens (including phenoxy) is 2. The van der Waals surface area contributed by atoms with Gasteiger partial charge in [0.1, 0.15) is 0 Å². The summed E-state index contributed by atoms with van der Waals surface area (Å²) in [5.41, 5.74) is 2.38. The van der Waals surface area contributed by atoms with E-state index >= 15 is 0 Å². The van der Waals surface area contributed by atoms with Crippen LogP contribution in [0.3, 0.4) is 0 Å². The van der Waals surface area contributed by atoms with Crippen molar-refractivity contribution in [2.75, 3.05) is 32.8 Å². The van der Waals surface area contributed by atoms with Crippen molar-refractivity contribution in [2.45, 2.75) is 29.2 Å². The van der Waals surface area contributed by atoms with E-state index in [4.69, 9.17) is 9.47 Å². The summed E-state index contributed by atoms with van der Waals surface area (Å²) < 4.78 is 12.5. The third-order valence-corrected chi connectivity index (χ3v) is 8.14. The Morgan fingerprint density at radius 2 is 2.11 bits per heavy atom. The molecule has 2 heterocycles. The van der Waals surface area contributed by atoms with Crippen molar-refractivity contribution in [2.24, 2.45) is 0 Å². The van der Waals surface area contributed by atoms with E-state index in [0.717, 1.165) is 66.2 Å². The van der Waals surface area contributed by atoms with E-state index in [2.05, 4.69) is 39.9 Å². The SMILES string of the molecule is C(#Cc1ccc(Oc2cccnc2)c(C[As]C2CC2)c1)CCN1CCOCC1. The summed E-state index contributed by atoms with van der Waals surface area (Å²) in [6.45, 7) is 4.77. The predicted octanol–water partition coefficient (Wildman–Crippen LogP) is 3.73. The van der Waals surface area contributed by atoms with Crippen LogP contribution in [-0.2, 0) is 9.95 Å². The van der Waals surface area contributed by atoms with Gasteiger partial charge in [0.25, 0.3) is 0 Å². The van der Waals surface area contributed by atoms with Gasteiger partial charge in [-0.1, -0.05) is 0 Å². The maximum atomic E-state index is 6.11. The third-order valence-electron chi connectivity index (χ3n) is 4.88. The molecule has 1 aromatic heterocycles. The van der Waals surface area contributed by atoms with Crippen LogP contribution < -0.4 is 4.74 Å². The van der Waals surface area contributed by atoms with E-state index in [1.54, 1.807) is 12.4 Å². The number of benzene rings is 1. The van der Waals surface area contributed by atoms with Gasteiger partial charge < -0.3 is 0 Å². The van der Waals surface area contributed by atoms with Gasteiger partial charge in [0.15, 0.2) is 0 Å². The molecule has 1 radical (unpaired) electrons. The zero-order chi connectivity index (χ0) is 19.0. The molecule has 1 aliphatic carbocycles. The Labute approximate surface area is 174 Å². The monoisotopic (exact) mass is 437 g/mol. The Morgan fingerprint density at radius 3 is 2.89 bits per heavy atom. The van der Waals surface area contributed by atoms with Crippen LogP contribution in [0.5, 0.6) is 11.5 Å². The number of rotatable bonds is 7. The fourth-order valence-corrected chi connectivity index (χ4v) is 5.65. The first-order valence-corrected chi connectivity index (χ1v) is 12.4. The Kier molecular flexibility index (Phi) is 7.06. The summed E-state index contributed by atoms with van der Waals surface area (Å²) in [6.07, 6.45) is 7.26. The van der Waals surface area contributed by atoms with Crippen molar-refractivity contribution in [3.8, 4) is 23.3 Å². The molecule has 2 aromatic rings. The van der Waals surface area contributed by atoms with Crippen LogP contribution >= 0.6 is 0 Å². The quantitative estimate of drug-likeness (QED) is 0.489. The van der Waals surface area contributed by atoms with Gasteiger partial charge in [0, 0.05) is 0 Å². The molecule has 1 aromatic carbocycles. The molecule has 5 heteroatoms. The first-order chi connectivity index (χ1) is 13.9. The molecule has 0 bridgehead atoms. The predicted molar refractivity (Wildman–Crippen MR) is 112 cm³/mol. The number of hydrogen-bond donors (Lipinski definition) is 0. The first kappa shape index (κ1) is 19.5. The maximum absolute atomic E-state index is 6.11. The van der Waals surface area contributed by atoms with Gasteiger partial charge in [-0.05, 0) is 0 Å². The summed E-state index contributed by atoms with van der Waals surface area (Å²) in [7, 11) is 0. The Balaban J connectivity index is 1.41. The molecule has 145 valence electrons. The number of nitrogens with zero attached hydrogens (tertiary/aromatic N) is 2. The second-order valence-corrected chi connectivity index (χ2v) is 10.2. The first-order valence-electron chi connectivity index (χ1n) is 10.0. The molecule has 28 heavy (non-hydrogen) atoms. The van der Waals surface area contributed by atoms with Gasteiger partial charge in [-0.25, -0.2) is 0 Å². The Bertz CT molecular complexity index is 821. The summed E-state index contributed by atoms with van der Waals surface area (Å²) in [6, 6.07) is 10.2. The minimum absolute atomic E-state index is 0.356. The normalized spacial score (nSPS) is 17.4. The van der Waals surface area contributed by atoms with Gasteiger partial charge in [-0.15, -0.1) is 0 Å². The van der Waals surface area contributed by atoms with Crippen molar-refractivity contribution < 1.29 is 9.47 Å². The number of morpholine rings is 1. The molecule has 2 aliphatic rings. The molecule has 0 spiro atoms. The van der Waals surface area contributed by atoms with Gasteiger partial charge in [-0.3, -0.25) is 0 Å². The van der Waals surface area contributed by atoms with Gasteiger partial charge in [0.2, 0.25) is 0 Å². The van der Waals surface area contributed by atoms with E-state index in [1.807, 2.05) is 12.1 Å². The van der Waals surface area contributed by atoms with Crippen molar-refractivity contribution >= 4 is 15.8 Å². The van der Waals surface area contributed by atoms with Crippen molar-refractivity contribution in [1.82, 2.24) is 9.88 Å². The van der Waals surface area contributed by atoms with E-state index in [1.165, 1.54) is 18.4 Å². The van der Waals surface area contributed by atoms with Crippen LogP contribution in [0.2, 0.25) is 4.71 Å². The second kappa shape index (κ2) is 10.1. The van der Waals surface area contributed by atoms with Crippen molar-refractivity contribution in [1.29, 1.82) is 0 Å². The number of pyridine rings is 1. The minimum atomic E-state index is 0.356. The molecule has 0 amide bonds. The average Bonchev–Trinajstić information content (AvgIpc) is 3.57. The fraction of sp³-hybridized carbons (Fsp3) is 0.435. The molecule has 0 N–H and O–H groups in total. The van der Waals surface area contributed by atoms with Crippen molar-refractivity contribution in [3.05, 3.63) is 53.9 Å². The molecule has 4 nitrogen and oxygen atoms in total. The van der Waals surface area contributed by atoms with Crippen molar-refractivity contribution in [3.63, 3.8) is 0 Å². The van der Waals surface area contributed by atoms with Gasteiger partial charge >= 0.3 is 174 Å². The summed E-state index contributed by atoms with van der Waals surface area (Å²) in [5, 5.41) is 1.14. The zero-order valence-electron chi connectivity index (χ0n) is 16.1. The summed E-state index contributed by atoms with van der Waals surface area (Å²) in [5.74, 6) is 8.44. The molecular weight excluding hydrogens is 411 g/mol. The molecule has 1 saturated carbocycles. The topological polar surface area (TPSA) is 34.6 Å². The summed E-state index contributed by atoms with van der Waals surface area (Å²) in [4.78, 5) is 6.57. The fourth-order valence-electron chi connectivity index (χ4n) is 3.10. The zero-order valence-corrected chi connectivity index (χ0v) is 18.0. The Hall–Kier alpha value is -1.79. The van der Waals surface area contributed by atoms with Crippen LogP contribution in [0.4, 0.5) is 0 Å². The molecule has 1 saturated heterocycles. The average molecular weight is 437 g/mol. The molecule has 0 atom stereocenters. The van der Waals surface area contributed by atoms with Crippen LogP contribution in [0.25, 0.3) is 0 Å². The number of aromatic nitrogens is 1. The summed E-state index contributed by atoms with van der Waals surface area (Å²) >= 11 is 0.356. The third kappa shape index (κ3) is 6.11. The molecule has 1 aliphatic heterocycles. The van der Waals surface area contributed by atoms with Crippen LogP contribution in [0, 0.1) is 11.8 Å². The Morgan fingerprint density at radius 1 is 1.21 bits per heavy atom. The van der Waals surface area contributed by atoms with E-state index in [0.29, 0.717) is 15.8 Å². The van der Waals surface area contributed by atoms with Gasteiger partial charge in [-0.2, -0.15) is 0 Å². The van der Waals surface area contributed by atoms with Crippen LogP contribution in [0.1, 0.15) is 30.4 Å². The van der Waals surface area contributed by atoms with Crippen LogP contribution in [0.15, 0.2) is 42.7 Å². The van der Waals surface area contributed by atoms with E-state index in [-0.39, 0.29) is 0 Å². The standard InChI is InChI=1S/C23H26AsN2O2/c1(2-11-26-12-14-27-15-13-26)4-19-6-9-23(28-22-5-3-10-25-18-22)20(16-19)17-24-21-7-8-21/h3,5-6,9-10,16,18,21H,2,7-8,11-15,17H2. The van der Waals surface area contributed by atoms with E-state index < -0.39 is 0 Å². The molecule has 4 rings (SSSR count). The van der Waals surface area contributed by atoms with Gasteiger partial charge in [0.05, 0.1) is 0 Å². The second-order valence-electron chi connectivity index (χ2n) is 7.19. The molecule has 0 unspecified atom stereocenters. The molecular formula is C23H26AsN2O2. The van der Waals surface area contributed by atoms with Crippen LogP contribution in [-0.4, -0.2) is 58.5 Å². The van der Waals surface area contributed by atoms with E-state index in [9.17, 15) is 0 Å². The number of hydrogen-bond acceptors (Lipinski definition) is 4. The molecule has 2 fully saturated rings.